The average molecular weight is 297 g/mol. The van der Waals surface area contributed by atoms with Gasteiger partial charge in [-0.25, -0.2) is 0 Å². The molecule has 1 atom stereocenters. The minimum Gasteiger partial charge on any atom is -0.394 e. The van der Waals surface area contributed by atoms with Crippen LogP contribution in [0.3, 0.4) is 0 Å². The van der Waals surface area contributed by atoms with Gasteiger partial charge in [0.05, 0.1) is 18.3 Å². The molecule has 0 saturated carbocycles. The average Bonchev–Trinajstić information content (AvgIpc) is 2.57. The lowest BCUT2D eigenvalue weighted by Crippen LogP contribution is -2.26. The standard InChI is InChI=1S/C17H15NO4/c19-9-10(20)8-18-14-7-3-6-13-15(14)17(22)12-5-2-1-4-11(12)16(13)21/h1-7,10,18-20H,8-9H2. The van der Waals surface area contributed by atoms with Gasteiger partial charge in [-0.3, -0.25) is 9.59 Å². The van der Waals surface area contributed by atoms with E-state index in [-0.39, 0.29) is 24.7 Å². The van der Waals surface area contributed by atoms with Crippen LogP contribution in [0.15, 0.2) is 42.5 Å². The molecule has 112 valence electrons. The second kappa shape index (κ2) is 5.71. The molecule has 0 aliphatic heterocycles. The van der Waals surface area contributed by atoms with Crippen LogP contribution in [0.2, 0.25) is 0 Å². The quantitative estimate of drug-likeness (QED) is 0.674. The Kier molecular flexibility index (Phi) is 3.75. The highest BCUT2D eigenvalue weighted by molar-refractivity contribution is 6.30. The minimum atomic E-state index is -0.933. The van der Waals surface area contributed by atoms with Crippen LogP contribution in [0.1, 0.15) is 31.8 Å². The number of ketones is 2. The van der Waals surface area contributed by atoms with E-state index in [0.717, 1.165) is 0 Å². The maximum atomic E-state index is 12.7. The third kappa shape index (κ3) is 2.30. The number of aliphatic hydroxyl groups is 2. The molecule has 22 heavy (non-hydrogen) atoms. The first-order chi connectivity index (χ1) is 10.6. The first-order valence-corrected chi connectivity index (χ1v) is 6.97. The second-order valence-electron chi connectivity index (χ2n) is 5.15. The van der Waals surface area contributed by atoms with Crippen molar-refractivity contribution in [2.75, 3.05) is 18.5 Å². The highest BCUT2D eigenvalue weighted by Crippen LogP contribution is 2.31. The maximum Gasteiger partial charge on any atom is 0.196 e. The fourth-order valence-corrected chi connectivity index (χ4v) is 2.58. The number of fused-ring (bicyclic) bond motifs is 2. The Morgan fingerprint density at radius 2 is 1.55 bits per heavy atom. The van der Waals surface area contributed by atoms with Crippen molar-refractivity contribution in [1.29, 1.82) is 0 Å². The molecule has 3 rings (SSSR count). The summed E-state index contributed by atoms with van der Waals surface area (Å²) in [7, 11) is 0. The predicted octanol–water partition coefficient (Wildman–Crippen LogP) is 1.23. The van der Waals surface area contributed by atoms with E-state index in [2.05, 4.69) is 5.32 Å². The topological polar surface area (TPSA) is 86.6 Å². The highest BCUT2D eigenvalue weighted by Gasteiger charge is 2.31. The fourth-order valence-electron chi connectivity index (χ4n) is 2.58. The van der Waals surface area contributed by atoms with Crippen molar-refractivity contribution in [3.05, 3.63) is 64.7 Å². The lowest BCUT2D eigenvalue weighted by atomic mass is 9.83. The summed E-state index contributed by atoms with van der Waals surface area (Å²) in [5, 5.41) is 21.2. The molecule has 2 aromatic rings. The van der Waals surface area contributed by atoms with Crippen LogP contribution in [0.4, 0.5) is 5.69 Å². The molecule has 0 saturated heterocycles. The third-order valence-electron chi connectivity index (χ3n) is 3.69. The lowest BCUT2D eigenvalue weighted by molar-refractivity contribution is 0.0978. The SMILES string of the molecule is O=C1c2ccccc2C(=O)c2c(NCC(O)CO)cccc21. The third-order valence-corrected chi connectivity index (χ3v) is 3.69. The van der Waals surface area contributed by atoms with Crippen LogP contribution in [-0.4, -0.2) is 41.0 Å². The number of carbonyl (C=O) groups excluding carboxylic acids is 2. The van der Waals surface area contributed by atoms with E-state index < -0.39 is 6.10 Å². The summed E-state index contributed by atoms with van der Waals surface area (Å²) in [5.74, 6) is -0.400. The number of rotatable bonds is 4. The number of hydrogen-bond donors (Lipinski definition) is 3. The van der Waals surface area contributed by atoms with Crippen LogP contribution in [0.5, 0.6) is 0 Å². The molecule has 3 N–H and O–H groups in total. The van der Waals surface area contributed by atoms with Gasteiger partial charge in [-0.2, -0.15) is 0 Å². The summed E-state index contributed by atoms with van der Waals surface area (Å²) in [5.41, 5.74) is 1.95. The number of nitrogens with one attached hydrogen (secondary N) is 1. The summed E-state index contributed by atoms with van der Waals surface area (Å²) in [6.07, 6.45) is -0.933. The number of hydrogen-bond acceptors (Lipinski definition) is 5. The molecular weight excluding hydrogens is 282 g/mol. The van der Waals surface area contributed by atoms with Gasteiger partial charge in [0.25, 0.3) is 0 Å². The number of anilines is 1. The van der Waals surface area contributed by atoms with Crippen molar-refractivity contribution in [3.63, 3.8) is 0 Å². The van der Waals surface area contributed by atoms with Gasteiger partial charge in [-0.1, -0.05) is 36.4 Å². The van der Waals surface area contributed by atoms with Crippen LogP contribution in [0.25, 0.3) is 0 Å². The molecule has 0 spiro atoms. The van der Waals surface area contributed by atoms with E-state index in [1.54, 1.807) is 42.5 Å². The van der Waals surface area contributed by atoms with Gasteiger partial charge in [0.2, 0.25) is 0 Å². The van der Waals surface area contributed by atoms with Crippen molar-refractivity contribution in [1.82, 2.24) is 0 Å². The van der Waals surface area contributed by atoms with E-state index in [1.807, 2.05) is 0 Å². The van der Waals surface area contributed by atoms with Gasteiger partial charge in [0.15, 0.2) is 11.6 Å². The Labute approximate surface area is 127 Å². The molecule has 0 heterocycles. The Morgan fingerprint density at radius 3 is 2.23 bits per heavy atom. The molecule has 0 bridgehead atoms. The van der Waals surface area contributed by atoms with Gasteiger partial charge in [-0.15, -0.1) is 0 Å². The molecule has 1 unspecified atom stereocenters. The Morgan fingerprint density at radius 1 is 0.909 bits per heavy atom. The molecule has 5 heteroatoms. The first kappa shape index (κ1) is 14.4. The number of carbonyl (C=O) groups is 2. The lowest BCUT2D eigenvalue weighted by Gasteiger charge is -2.21. The zero-order valence-electron chi connectivity index (χ0n) is 11.7. The fraction of sp³-hybridized carbons (Fsp3) is 0.176. The highest BCUT2D eigenvalue weighted by atomic mass is 16.3. The molecule has 0 radical (unpaired) electrons. The summed E-state index contributed by atoms with van der Waals surface area (Å²) in [4.78, 5) is 25.2. The second-order valence-corrected chi connectivity index (χ2v) is 5.15. The zero-order chi connectivity index (χ0) is 15.7. The normalized spacial score (nSPS) is 14.3. The number of aliphatic hydroxyl groups excluding tert-OH is 2. The number of benzene rings is 2. The van der Waals surface area contributed by atoms with Crippen LogP contribution < -0.4 is 5.32 Å². The Hall–Kier alpha value is -2.50. The summed E-state index contributed by atoms with van der Waals surface area (Å²) in [6.45, 7) is -0.284. The van der Waals surface area contributed by atoms with Gasteiger partial charge < -0.3 is 15.5 Å². The maximum absolute atomic E-state index is 12.7. The first-order valence-electron chi connectivity index (χ1n) is 6.97. The van der Waals surface area contributed by atoms with Crippen LogP contribution >= 0.6 is 0 Å². The van der Waals surface area contributed by atoms with E-state index in [1.165, 1.54) is 0 Å². The molecular formula is C17H15NO4. The molecule has 2 aromatic carbocycles. The zero-order valence-corrected chi connectivity index (χ0v) is 11.7. The summed E-state index contributed by atoms with van der Waals surface area (Å²) in [6, 6.07) is 11.7. The van der Waals surface area contributed by atoms with E-state index >= 15 is 0 Å². The van der Waals surface area contributed by atoms with Gasteiger partial charge in [0.1, 0.15) is 0 Å². The summed E-state index contributed by atoms with van der Waals surface area (Å²) < 4.78 is 0. The Bertz CT molecular complexity index is 754. The van der Waals surface area contributed by atoms with Gasteiger partial charge in [0, 0.05) is 28.9 Å². The summed E-state index contributed by atoms with van der Waals surface area (Å²) >= 11 is 0. The van der Waals surface area contributed by atoms with Crippen LogP contribution in [0, 0.1) is 0 Å². The van der Waals surface area contributed by atoms with Crippen molar-refractivity contribution in [2.24, 2.45) is 0 Å². The van der Waals surface area contributed by atoms with Crippen molar-refractivity contribution < 1.29 is 19.8 Å². The molecule has 5 nitrogen and oxygen atoms in total. The van der Waals surface area contributed by atoms with Gasteiger partial charge >= 0.3 is 0 Å². The Balaban J connectivity index is 2.05. The predicted molar refractivity (Wildman–Crippen MR) is 81.3 cm³/mol. The van der Waals surface area contributed by atoms with Crippen molar-refractivity contribution >= 4 is 17.3 Å². The van der Waals surface area contributed by atoms with E-state index in [0.29, 0.717) is 27.9 Å². The molecule has 0 fully saturated rings. The molecule has 1 aliphatic rings. The molecule has 0 aromatic heterocycles. The largest absolute Gasteiger partial charge is 0.394 e. The molecule has 1 aliphatic carbocycles. The van der Waals surface area contributed by atoms with E-state index in [4.69, 9.17) is 5.11 Å². The van der Waals surface area contributed by atoms with Gasteiger partial charge in [-0.05, 0) is 6.07 Å². The smallest absolute Gasteiger partial charge is 0.196 e. The van der Waals surface area contributed by atoms with Crippen molar-refractivity contribution in [2.45, 2.75) is 6.10 Å². The van der Waals surface area contributed by atoms with E-state index in [9.17, 15) is 14.7 Å². The molecule has 0 amide bonds. The van der Waals surface area contributed by atoms with Crippen molar-refractivity contribution in [3.8, 4) is 0 Å². The van der Waals surface area contributed by atoms with Crippen LogP contribution in [-0.2, 0) is 0 Å². The minimum absolute atomic E-state index is 0.0933. The monoisotopic (exact) mass is 297 g/mol.